The van der Waals surface area contributed by atoms with Gasteiger partial charge >= 0.3 is 0 Å². The molecule has 5 nitrogen and oxygen atoms in total. The van der Waals surface area contributed by atoms with Crippen LogP contribution in [0.15, 0.2) is 29.3 Å². The molecule has 0 spiro atoms. The van der Waals surface area contributed by atoms with Crippen LogP contribution in [0.25, 0.3) is 0 Å². The number of nitrogens with zero attached hydrogens (tertiary/aromatic N) is 2. The lowest BCUT2D eigenvalue weighted by Crippen LogP contribution is -2.40. The minimum absolute atomic E-state index is 0.325. The van der Waals surface area contributed by atoms with E-state index in [9.17, 15) is 0 Å². The number of aliphatic imine (C=N–C) groups is 1. The highest BCUT2D eigenvalue weighted by atomic mass is 16.5. The summed E-state index contributed by atoms with van der Waals surface area (Å²) in [6.45, 7) is 9.51. The van der Waals surface area contributed by atoms with E-state index in [4.69, 9.17) is 10.5 Å². The molecular weight excluding hydrogens is 276 g/mol. The minimum Gasteiger partial charge on any atom is -0.376 e. The molecule has 1 heterocycles. The Kier molecular flexibility index (Phi) is 6.68. The first kappa shape index (κ1) is 16.8. The first-order valence-corrected chi connectivity index (χ1v) is 8.13. The zero-order chi connectivity index (χ0) is 15.8. The van der Waals surface area contributed by atoms with Gasteiger partial charge in [-0.2, -0.15) is 0 Å². The molecule has 1 aliphatic heterocycles. The molecular formula is C17H28N4O. The maximum atomic E-state index is 5.83. The average molecular weight is 304 g/mol. The summed E-state index contributed by atoms with van der Waals surface area (Å²) < 4.78 is 5.59. The molecule has 1 aromatic rings. The van der Waals surface area contributed by atoms with E-state index in [0.717, 1.165) is 39.2 Å². The number of ether oxygens (including phenoxy) is 1. The Balaban J connectivity index is 1.89. The van der Waals surface area contributed by atoms with Crippen molar-refractivity contribution in [3.05, 3.63) is 35.4 Å². The van der Waals surface area contributed by atoms with Gasteiger partial charge in [0.2, 0.25) is 0 Å². The predicted octanol–water partition coefficient (Wildman–Crippen LogP) is 1.72. The van der Waals surface area contributed by atoms with Gasteiger partial charge in [0, 0.05) is 26.2 Å². The quantitative estimate of drug-likeness (QED) is 0.620. The lowest BCUT2D eigenvalue weighted by Gasteiger charge is -2.31. The minimum atomic E-state index is 0.325. The number of guanidine groups is 1. The van der Waals surface area contributed by atoms with E-state index in [-0.39, 0.29) is 0 Å². The standard InChI is InChI=1S/C17H28N4O/c1-3-7-19-17(18)20-11-15-5-4-6-16(10-15)13-21-8-9-22-14(2)12-21/h4-6,10,14H,3,7-9,11-13H2,1-2H3,(H3,18,19,20). The van der Waals surface area contributed by atoms with E-state index in [1.165, 1.54) is 11.1 Å². The third kappa shape index (κ3) is 5.66. The molecule has 0 aliphatic carbocycles. The summed E-state index contributed by atoms with van der Waals surface area (Å²) in [6.07, 6.45) is 1.37. The van der Waals surface area contributed by atoms with Gasteiger partial charge in [0.25, 0.3) is 0 Å². The molecule has 0 amide bonds. The Morgan fingerprint density at radius 1 is 1.45 bits per heavy atom. The molecule has 1 saturated heterocycles. The molecule has 0 radical (unpaired) electrons. The first-order chi connectivity index (χ1) is 10.7. The Bertz CT molecular complexity index is 489. The lowest BCUT2D eigenvalue weighted by molar-refractivity contribution is -0.0212. The molecule has 0 saturated carbocycles. The number of rotatable bonds is 6. The Morgan fingerprint density at radius 2 is 2.27 bits per heavy atom. The molecule has 1 aliphatic rings. The fourth-order valence-electron chi connectivity index (χ4n) is 2.60. The molecule has 0 aromatic heterocycles. The predicted molar refractivity (Wildman–Crippen MR) is 90.8 cm³/mol. The third-order valence-electron chi connectivity index (χ3n) is 3.71. The van der Waals surface area contributed by atoms with Crippen molar-refractivity contribution >= 4 is 5.96 Å². The SMILES string of the molecule is CCCNC(N)=NCc1cccc(CN2CCOC(C)C2)c1. The maximum Gasteiger partial charge on any atom is 0.188 e. The van der Waals surface area contributed by atoms with Gasteiger partial charge in [-0.1, -0.05) is 31.2 Å². The zero-order valence-corrected chi connectivity index (χ0v) is 13.7. The van der Waals surface area contributed by atoms with Crippen LogP contribution < -0.4 is 11.1 Å². The van der Waals surface area contributed by atoms with Crippen LogP contribution in [0.2, 0.25) is 0 Å². The van der Waals surface area contributed by atoms with Gasteiger partial charge in [-0.3, -0.25) is 4.90 Å². The summed E-state index contributed by atoms with van der Waals surface area (Å²) in [5, 5.41) is 3.09. The van der Waals surface area contributed by atoms with Crippen LogP contribution in [0.4, 0.5) is 0 Å². The third-order valence-corrected chi connectivity index (χ3v) is 3.71. The first-order valence-electron chi connectivity index (χ1n) is 8.13. The van der Waals surface area contributed by atoms with E-state index >= 15 is 0 Å². The second-order valence-corrected chi connectivity index (χ2v) is 5.86. The molecule has 0 bridgehead atoms. The van der Waals surface area contributed by atoms with Crippen LogP contribution in [0.1, 0.15) is 31.4 Å². The van der Waals surface area contributed by atoms with Crippen molar-refractivity contribution in [2.75, 3.05) is 26.2 Å². The summed E-state index contributed by atoms with van der Waals surface area (Å²) in [7, 11) is 0. The Hall–Kier alpha value is -1.59. The lowest BCUT2D eigenvalue weighted by atomic mass is 10.1. The zero-order valence-electron chi connectivity index (χ0n) is 13.7. The number of benzene rings is 1. The van der Waals surface area contributed by atoms with Gasteiger partial charge < -0.3 is 15.8 Å². The van der Waals surface area contributed by atoms with E-state index < -0.39 is 0 Å². The van der Waals surface area contributed by atoms with Gasteiger partial charge in [0.15, 0.2) is 5.96 Å². The molecule has 3 N–H and O–H groups in total. The summed E-state index contributed by atoms with van der Waals surface area (Å²) >= 11 is 0. The molecule has 1 fully saturated rings. The van der Waals surface area contributed by atoms with Crippen molar-refractivity contribution in [1.82, 2.24) is 10.2 Å². The van der Waals surface area contributed by atoms with Crippen molar-refractivity contribution < 1.29 is 4.74 Å². The topological polar surface area (TPSA) is 62.9 Å². The van der Waals surface area contributed by atoms with Gasteiger partial charge in [-0.05, 0) is 24.5 Å². The van der Waals surface area contributed by atoms with Crippen molar-refractivity contribution in [1.29, 1.82) is 0 Å². The second-order valence-electron chi connectivity index (χ2n) is 5.86. The summed E-state index contributed by atoms with van der Waals surface area (Å²) in [5.74, 6) is 0.522. The summed E-state index contributed by atoms with van der Waals surface area (Å²) in [5.41, 5.74) is 8.34. The fraction of sp³-hybridized carbons (Fsp3) is 0.588. The van der Waals surface area contributed by atoms with E-state index in [0.29, 0.717) is 18.6 Å². The van der Waals surface area contributed by atoms with Gasteiger partial charge in [-0.15, -0.1) is 0 Å². The molecule has 1 atom stereocenters. The normalized spacial score (nSPS) is 20.1. The highest BCUT2D eigenvalue weighted by Crippen LogP contribution is 2.12. The van der Waals surface area contributed by atoms with Crippen LogP contribution in [-0.2, 0) is 17.8 Å². The van der Waals surface area contributed by atoms with Crippen molar-refractivity contribution in [2.45, 2.75) is 39.5 Å². The molecule has 22 heavy (non-hydrogen) atoms. The smallest absolute Gasteiger partial charge is 0.188 e. The summed E-state index contributed by atoms with van der Waals surface area (Å²) in [4.78, 5) is 6.82. The number of morpholine rings is 1. The average Bonchev–Trinajstić information content (AvgIpc) is 2.51. The van der Waals surface area contributed by atoms with Gasteiger partial charge in [-0.25, -0.2) is 4.99 Å². The largest absolute Gasteiger partial charge is 0.376 e. The van der Waals surface area contributed by atoms with Crippen molar-refractivity contribution in [2.24, 2.45) is 10.7 Å². The van der Waals surface area contributed by atoms with Crippen LogP contribution >= 0.6 is 0 Å². The van der Waals surface area contributed by atoms with Crippen molar-refractivity contribution in [3.8, 4) is 0 Å². The molecule has 5 heteroatoms. The monoisotopic (exact) mass is 304 g/mol. The van der Waals surface area contributed by atoms with Crippen LogP contribution in [0, 0.1) is 0 Å². The highest BCUT2D eigenvalue weighted by molar-refractivity contribution is 5.77. The number of nitrogens with one attached hydrogen (secondary N) is 1. The summed E-state index contributed by atoms with van der Waals surface area (Å²) in [6, 6.07) is 8.59. The van der Waals surface area contributed by atoms with Crippen LogP contribution in [0.5, 0.6) is 0 Å². The second kappa shape index (κ2) is 8.76. The number of nitrogens with two attached hydrogens (primary N) is 1. The van der Waals surface area contributed by atoms with Gasteiger partial charge in [0.1, 0.15) is 0 Å². The van der Waals surface area contributed by atoms with Crippen molar-refractivity contribution in [3.63, 3.8) is 0 Å². The van der Waals surface area contributed by atoms with E-state index in [1.54, 1.807) is 0 Å². The molecule has 2 rings (SSSR count). The van der Waals surface area contributed by atoms with E-state index in [1.807, 2.05) is 0 Å². The fourth-order valence-corrected chi connectivity index (χ4v) is 2.60. The number of hydrogen-bond acceptors (Lipinski definition) is 3. The highest BCUT2D eigenvalue weighted by Gasteiger charge is 2.16. The van der Waals surface area contributed by atoms with Crippen LogP contribution in [-0.4, -0.2) is 43.2 Å². The molecule has 122 valence electrons. The maximum absolute atomic E-state index is 5.83. The Labute approximate surface area is 133 Å². The molecule has 1 unspecified atom stereocenters. The van der Waals surface area contributed by atoms with Crippen LogP contribution in [0.3, 0.4) is 0 Å². The van der Waals surface area contributed by atoms with E-state index in [2.05, 4.69) is 53.3 Å². The molecule has 1 aromatic carbocycles. The van der Waals surface area contributed by atoms with Gasteiger partial charge in [0.05, 0.1) is 19.3 Å². The number of hydrogen-bond donors (Lipinski definition) is 2. The Morgan fingerprint density at radius 3 is 3.05 bits per heavy atom.